The number of hydrogen-bond donors (Lipinski definition) is 1. The van der Waals surface area contributed by atoms with E-state index in [0.29, 0.717) is 5.02 Å². The number of amides is 1. The largest absolute Gasteiger partial charge is 0.369 e. The molecule has 4 nitrogen and oxygen atoms in total. The average Bonchev–Trinajstić information content (AvgIpc) is 2.67. The topological polar surface area (TPSA) is 60.9 Å². The zero-order valence-corrected chi connectivity index (χ0v) is 12.5. The molecule has 6 heteroatoms. The standard InChI is InChI=1S/C13H16ClN3OS/c1-3-6-17-11-5-4-9(14)7-10(11)16-13(17)19-8(2)12(15)18/h4-5,7-8H,3,6H2,1-2H3,(H2,15,18)/t8-/m0/s1. The predicted octanol–water partition coefficient (Wildman–Crippen LogP) is 3.07. The molecule has 0 aliphatic heterocycles. The van der Waals surface area contributed by atoms with Gasteiger partial charge in [0.05, 0.1) is 16.3 Å². The fourth-order valence-electron chi connectivity index (χ4n) is 1.83. The van der Waals surface area contributed by atoms with Gasteiger partial charge in [0.25, 0.3) is 0 Å². The molecule has 0 bridgehead atoms. The molecule has 0 aliphatic rings. The van der Waals surface area contributed by atoms with Crippen LogP contribution >= 0.6 is 23.4 Å². The second-order valence-corrected chi connectivity index (χ2v) is 6.09. The lowest BCUT2D eigenvalue weighted by atomic mass is 10.3. The second kappa shape index (κ2) is 5.84. The van der Waals surface area contributed by atoms with Gasteiger partial charge in [0.15, 0.2) is 5.16 Å². The first kappa shape index (κ1) is 14.2. The molecule has 2 rings (SSSR count). The third-order valence-electron chi connectivity index (χ3n) is 2.81. The van der Waals surface area contributed by atoms with Crippen molar-refractivity contribution in [2.45, 2.75) is 37.2 Å². The lowest BCUT2D eigenvalue weighted by Gasteiger charge is -2.09. The van der Waals surface area contributed by atoms with Gasteiger partial charge in [-0.15, -0.1) is 0 Å². The maximum absolute atomic E-state index is 11.2. The zero-order valence-electron chi connectivity index (χ0n) is 10.9. The number of primary amides is 1. The molecule has 0 fully saturated rings. The zero-order chi connectivity index (χ0) is 14.0. The number of fused-ring (bicyclic) bond motifs is 1. The number of rotatable bonds is 5. The normalized spacial score (nSPS) is 12.8. The van der Waals surface area contributed by atoms with Crippen LogP contribution < -0.4 is 5.73 Å². The van der Waals surface area contributed by atoms with E-state index in [4.69, 9.17) is 17.3 Å². The van der Waals surface area contributed by atoms with E-state index >= 15 is 0 Å². The van der Waals surface area contributed by atoms with E-state index in [2.05, 4.69) is 16.5 Å². The highest BCUT2D eigenvalue weighted by atomic mass is 35.5. The molecular weight excluding hydrogens is 282 g/mol. The number of halogens is 1. The van der Waals surface area contributed by atoms with E-state index < -0.39 is 0 Å². The van der Waals surface area contributed by atoms with Crippen molar-refractivity contribution in [2.75, 3.05) is 0 Å². The number of aryl methyl sites for hydroxylation is 1. The lowest BCUT2D eigenvalue weighted by Crippen LogP contribution is -2.23. The maximum atomic E-state index is 11.2. The van der Waals surface area contributed by atoms with Crippen LogP contribution in [0.5, 0.6) is 0 Å². The van der Waals surface area contributed by atoms with Crippen LogP contribution in [0.4, 0.5) is 0 Å². The lowest BCUT2D eigenvalue weighted by molar-refractivity contribution is -0.117. The third kappa shape index (κ3) is 3.04. The van der Waals surface area contributed by atoms with Gasteiger partial charge in [-0.3, -0.25) is 4.79 Å². The van der Waals surface area contributed by atoms with Gasteiger partial charge in [-0.25, -0.2) is 4.98 Å². The first-order valence-corrected chi connectivity index (χ1v) is 7.40. The molecule has 19 heavy (non-hydrogen) atoms. The number of carbonyl (C=O) groups excluding carboxylic acids is 1. The van der Waals surface area contributed by atoms with Gasteiger partial charge in [-0.05, 0) is 31.5 Å². The van der Waals surface area contributed by atoms with Crippen LogP contribution in [0.25, 0.3) is 11.0 Å². The van der Waals surface area contributed by atoms with Crippen molar-refractivity contribution in [1.29, 1.82) is 0 Å². The number of imidazole rings is 1. The number of nitrogens with two attached hydrogens (primary N) is 1. The van der Waals surface area contributed by atoms with E-state index in [1.54, 1.807) is 6.92 Å². The Morgan fingerprint density at radius 1 is 1.58 bits per heavy atom. The molecule has 2 N–H and O–H groups in total. The summed E-state index contributed by atoms with van der Waals surface area (Å²) in [6.07, 6.45) is 0.993. The summed E-state index contributed by atoms with van der Waals surface area (Å²) < 4.78 is 2.11. The molecule has 1 aromatic carbocycles. The molecule has 0 saturated heterocycles. The summed E-state index contributed by atoms with van der Waals surface area (Å²) in [6, 6.07) is 5.64. The molecular formula is C13H16ClN3OS. The Morgan fingerprint density at radius 2 is 2.32 bits per heavy atom. The van der Waals surface area contributed by atoms with Crippen molar-refractivity contribution in [3.63, 3.8) is 0 Å². The summed E-state index contributed by atoms with van der Waals surface area (Å²) in [7, 11) is 0. The number of hydrogen-bond acceptors (Lipinski definition) is 3. The molecule has 2 aromatic rings. The predicted molar refractivity (Wildman–Crippen MR) is 79.5 cm³/mol. The monoisotopic (exact) mass is 297 g/mol. The van der Waals surface area contributed by atoms with E-state index in [-0.39, 0.29) is 11.2 Å². The Morgan fingerprint density at radius 3 is 2.95 bits per heavy atom. The van der Waals surface area contributed by atoms with Crippen LogP contribution in [0.1, 0.15) is 20.3 Å². The van der Waals surface area contributed by atoms with Gasteiger partial charge in [0.2, 0.25) is 5.91 Å². The molecule has 1 amide bonds. The summed E-state index contributed by atoms with van der Waals surface area (Å²) in [4.78, 5) is 15.7. The highest BCUT2D eigenvalue weighted by Crippen LogP contribution is 2.28. The molecule has 1 aromatic heterocycles. The van der Waals surface area contributed by atoms with Gasteiger partial charge in [-0.1, -0.05) is 30.3 Å². The van der Waals surface area contributed by atoms with Crippen LogP contribution in [0.3, 0.4) is 0 Å². The van der Waals surface area contributed by atoms with Crippen molar-refractivity contribution in [1.82, 2.24) is 9.55 Å². The molecule has 102 valence electrons. The Bertz CT molecular complexity index is 611. The molecule has 0 spiro atoms. The Kier molecular flexibility index (Phi) is 4.37. The quantitative estimate of drug-likeness (QED) is 0.863. The van der Waals surface area contributed by atoms with Crippen molar-refractivity contribution in [3.05, 3.63) is 23.2 Å². The van der Waals surface area contributed by atoms with Crippen LogP contribution in [0, 0.1) is 0 Å². The van der Waals surface area contributed by atoms with E-state index in [9.17, 15) is 4.79 Å². The third-order valence-corrected chi connectivity index (χ3v) is 4.15. The van der Waals surface area contributed by atoms with Gasteiger partial charge in [-0.2, -0.15) is 0 Å². The van der Waals surface area contributed by atoms with Crippen LogP contribution in [-0.4, -0.2) is 20.7 Å². The van der Waals surface area contributed by atoms with E-state index in [1.165, 1.54) is 11.8 Å². The van der Waals surface area contributed by atoms with Crippen molar-refractivity contribution >= 4 is 40.3 Å². The Hall–Kier alpha value is -1.20. The highest BCUT2D eigenvalue weighted by molar-refractivity contribution is 8.00. The maximum Gasteiger partial charge on any atom is 0.230 e. The van der Waals surface area contributed by atoms with Crippen LogP contribution in [-0.2, 0) is 11.3 Å². The number of thioether (sulfide) groups is 1. The van der Waals surface area contributed by atoms with Crippen molar-refractivity contribution < 1.29 is 4.79 Å². The summed E-state index contributed by atoms with van der Waals surface area (Å²) >= 11 is 7.37. The number of aromatic nitrogens is 2. The minimum Gasteiger partial charge on any atom is -0.369 e. The minimum absolute atomic E-state index is 0.303. The fourth-order valence-corrected chi connectivity index (χ4v) is 2.89. The number of benzene rings is 1. The summed E-state index contributed by atoms with van der Waals surface area (Å²) in [5.41, 5.74) is 7.19. The van der Waals surface area contributed by atoms with Crippen LogP contribution in [0.2, 0.25) is 5.02 Å². The van der Waals surface area contributed by atoms with E-state index in [0.717, 1.165) is 29.2 Å². The summed E-state index contributed by atoms with van der Waals surface area (Å²) in [5, 5.41) is 1.17. The minimum atomic E-state index is -0.335. The summed E-state index contributed by atoms with van der Waals surface area (Å²) in [5.74, 6) is -0.335. The first-order chi connectivity index (χ1) is 9.02. The smallest absolute Gasteiger partial charge is 0.230 e. The Balaban J connectivity index is 2.46. The van der Waals surface area contributed by atoms with Gasteiger partial charge in [0.1, 0.15) is 0 Å². The van der Waals surface area contributed by atoms with Crippen LogP contribution in [0.15, 0.2) is 23.4 Å². The Labute approximate surface area is 121 Å². The molecule has 0 aliphatic carbocycles. The van der Waals surface area contributed by atoms with Gasteiger partial charge >= 0.3 is 0 Å². The van der Waals surface area contributed by atoms with E-state index in [1.807, 2.05) is 18.2 Å². The number of nitrogens with zero attached hydrogens (tertiary/aromatic N) is 2. The second-order valence-electron chi connectivity index (χ2n) is 4.34. The number of carbonyl (C=O) groups is 1. The summed E-state index contributed by atoms with van der Waals surface area (Å²) in [6.45, 7) is 4.75. The van der Waals surface area contributed by atoms with Crippen molar-refractivity contribution in [2.24, 2.45) is 5.73 Å². The van der Waals surface area contributed by atoms with Gasteiger partial charge < -0.3 is 10.3 Å². The molecule has 0 radical (unpaired) electrons. The fraction of sp³-hybridized carbons (Fsp3) is 0.385. The first-order valence-electron chi connectivity index (χ1n) is 6.14. The SMILES string of the molecule is CCCn1c(S[C@@H](C)C(N)=O)nc2cc(Cl)ccc21. The average molecular weight is 298 g/mol. The molecule has 1 atom stereocenters. The molecule has 1 heterocycles. The van der Waals surface area contributed by atoms with Crippen molar-refractivity contribution in [3.8, 4) is 0 Å². The highest BCUT2D eigenvalue weighted by Gasteiger charge is 2.17. The van der Waals surface area contributed by atoms with Gasteiger partial charge in [0, 0.05) is 11.6 Å². The molecule has 0 unspecified atom stereocenters. The molecule has 0 saturated carbocycles.